The summed E-state index contributed by atoms with van der Waals surface area (Å²) in [6, 6.07) is 5.65. The van der Waals surface area contributed by atoms with Crippen molar-refractivity contribution in [2.75, 3.05) is 19.9 Å². The number of nitrogens with one attached hydrogen (secondary N) is 1. The third kappa shape index (κ3) is 2.58. The lowest BCUT2D eigenvalue weighted by Gasteiger charge is -2.20. The summed E-state index contributed by atoms with van der Waals surface area (Å²) in [5.74, 6) is 3.39. The van der Waals surface area contributed by atoms with E-state index in [1.165, 1.54) is 12.8 Å². The van der Waals surface area contributed by atoms with E-state index in [4.69, 9.17) is 14.0 Å². The third-order valence-corrected chi connectivity index (χ3v) is 3.96. The van der Waals surface area contributed by atoms with Gasteiger partial charge in [-0.25, -0.2) is 0 Å². The minimum atomic E-state index is 0.266. The number of rotatable bonds is 3. The van der Waals surface area contributed by atoms with E-state index in [9.17, 15) is 0 Å². The SMILES string of the molecule is c1cc2c(cc1-c1nc(CC3CCCNC3)no1)OCO2. The molecule has 0 bridgehead atoms. The van der Waals surface area contributed by atoms with E-state index in [0.717, 1.165) is 42.4 Å². The second-order valence-electron chi connectivity index (χ2n) is 5.50. The largest absolute Gasteiger partial charge is 0.454 e. The van der Waals surface area contributed by atoms with Gasteiger partial charge in [0.05, 0.1) is 0 Å². The van der Waals surface area contributed by atoms with E-state index in [0.29, 0.717) is 11.8 Å². The fourth-order valence-corrected chi connectivity index (χ4v) is 2.84. The van der Waals surface area contributed by atoms with Crippen LogP contribution in [0.1, 0.15) is 18.7 Å². The molecule has 21 heavy (non-hydrogen) atoms. The van der Waals surface area contributed by atoms with Gasteiger partial charge < -0.3 is 19.3 Å². The molecule has 1 aromatic heterocycles. The van der Waals surface area contributed by atoms with Gasteiger partial charge in [0.2, 0.25) is 6.79 Å². The number of piperidine rings is 1. The smallest absolute Gasteiger partial charge is 0.258 e. The molecule has 0 spiro atoms. The summed E-state index contributed by atoms with van der Waals surface area (Å²) in [6.45, 7) is 2.42. The van der Waals surface area contributed by atoms with Crippen LogP contribution >= 0.6 is 0 Å². The van der Waals surface area contributed by atoms with Crippen LogP contribution in [-0.4, -0.2) is 30.0 Å². The topological polar surface area (TPSA) is 69.4 Å². The molecule has 0 radical (unpaired) electrons. The number of hydrogen-bond donors (Lipinski definition) is 1. The van der Waals surface area contributed by atoms with Crippen molar-refractivity contribution in [3.05, 3.63) is 24.0 Å². The Bertz CT molecular complexity index is 635. The van der Waals surface area contributed by atoms with E-state index < -0.39 is 0 Å². The lowest BCUT2D eigenvalue weighted by atomic mass is 9.96. The third-order valence-electron chi connectivity index (χ3n) is 3.96. The maximum Gasteiger partial charge on any atom is 0.258 e. The highest BCUT2D eigenvalue weighted by molar-refractivity contribution is 5.60. The minimum Gasteiger partial charge on any atom is -0.454 e. The molecule has 4 rings (SSSR count). The van der Waals surface area contributed by atoms with Crippen LogP contribution in [0.5, 0.6) is 11.5 Å². The second kappa shape index (κ2) is 5.37. The molecule has 1 fully saturated rings. The van der Waals surface area contributed by atoms with Crippen molar-refractivity contribution in [1.82, 2.24) is 15.5 Å². The molecule has 1 saturated heterocycles. The van der Waals surface area contributed by atoms with Crippen molar-refractivity contribution in [1.29, 1.82) is 0 Å². The zero-order valence-electron chi connectivity index (χ0n) is 11.7. The van der Waals surface area contributed by atoms with Crippen LogP contribution in [0.2, 0.25) is 0 Å². The molecule has 2 aromatic rings. The number of hydrogen-bond acceptors (Lipinski definition) is 6. The highest BCUT2D eigenvalue weighted by atomic mass is 16.7. The van der Waals surface area contributed by atoms with E-state index in [2.05, 4.69) is 15.5 Å². The maximum atomic E-state index is 5.37. The molecule has 1 unspecified atom stereocenters. The average molecular weight is 287 g/mol. The number of fused-ring (bicyclic) bond motifs is 1. The summed E-state index contributed by atoms with van der Waals surface area (Å²) < 4.78 is 16.0. The van der Waals surface area contributed by atoms with Gasteiger partial charge in [0.25, 0.3) is 5.89 Å². The molecule has 0 amide bonds. The first-order valence-corrected chi connectivity index (χ1v) is 7.32. The highest BCUT2D eigenvalue weighted by Crippen LogP contribution is 2.35. The van der Waals surface area contributed by atoms with Crippen LogP contribution in [0.4, 0.5) is 0 Å². The van der Waals surface area contributed by atoms with Crippen molar-refractivity contribution in [2.45, 2.75) is 19.3 Å². The molecule has 1 atom stereocenters. The molecule has 6 nitrogen and oxygen atoms in total. The minimum absolute atomic E-state index is 0.266. The monoisotopic (exact) mass is 287 g/mol. The van der Waals surface area contributed by atoms with Gasteiger partial charge in [-0.3, -0.25) is 0 Å². The van der Waals surface area contributed by atoms with Crippen LogP contribution in [-0.2, 0) is 6.42 Å². The van der Waals surface area contributed by atoms with Gasteiger partial charge >= 0.3 is 0 Å². The van der Waals surface area contributed by atoms with Crippen molar-refractivity contribution in [3.63, 3.8) is 0 Å². The predicted molar refractivity (Wildman–Crippen MR) is 75.2 cm³/mol. The van der Waals surface area contributed by atoms with Crippen molar-refractivity contribution >= 4 is 0 Å². The Balaban J connectivity index is 1.51. The first kappa shape index (κ1) is 12.6. The van der Waals surface area contributed by atoms with Gasteiger partial charge in [0.1, 0.15) is 0 Å². The molecule has 0 saturated carbocycles. The summed E-state index contributed by atoms with van der Waals surface area (Å²) in [5, 5.41) is 7.50. The Morgan fingerprint density at radius 3 is 3.10 bits per heavy atom. The fourth-order valence-electron chi connectivity index (χ4n) is 2.84. The highest BCUT2D eigenvalue weighted by Gasteiger charge is 2.19. The van der Waals surface area contributed by atoms with E-state index >= 15 is 0 Å². The van der Waals surface area contributed by atoms with Gasteiger partial charge in [0.15, 0.2) is 17.3 Å². The summed E-state index contributed by atoms with van der Waals surface area (Å²) in [5.41, 5.74) is 0.861. The molecule has 110 valence electrons. The summed E-state index contributed by atoms with van der Waals surface area (Å²) in [4.78, 5) is 4.50. The Labute approximate surface area is 122 Å². The van der Waals surface area contributed by atoms with Crippen LogP contribution in [0.15, 0.2) is 22.7 Å². The van der Waals surface area contributed by atoms with Gasteiger partial charge in [-0.1, -0.05) is 5.16 Å². The number of nitrogens with zero attached hydrogens (tertiary/aromatic N) is 2. The quantitative estimate of drug-likeness (QED) is 0.931. The molecule has 1 aromatic carbocycles. The summed E-state index contributed by atoms with van der Waals surface area (Å²) in [6.07, 6.45) is 3.31. The maximum absolute atomic E-state index is 5.37. The second-order valence-corrected chi connectivity index (χ2v) is 5.50. The number of aromatic nitrogens is 2. The van der Waals surface area contributed by atoms with E-state index in [-0.39, 0.29) is 6.79 Å². The van der Waals surface area contributed by atoms with Crippen LogP contribution in [0, 0.1) is 5.92 Å². The van der Waals surface area contributed by atoms with Crippen LogP contribution in [0.25, 0.3) is 11.5 Å². The number of benzene rings is 1. The zero-order valence-corrected chi connectivity index (χ0v) is 11.7. The van der Waals surface area contributed by atoms with Gasteiger partial charge in [0, 0.05) is 12.0 Å². The molecule has 2 aliphatic heterocycles. The van der Waals surface area contributed by atoms with Gasteiger partial charge in [-0.05, 0) is 50.0 Å². The Morgan fingerprint density at radius 1 is 1.24 bits per heavy atom. The van der Waals surface area contributed by atoms with E-state index in [1.807, 2.05) is 18.2 Å². The Morgan fingerprint density at radius 2 is 2.19 bits per heavy atom. The fraction of sp³-hybridized carbons (Fsp3) is 0.467. The first-order chi connectivity index (χ1) is 10.4. The molecular formula is C15H17N3O3. The van der Waals surface area contributed by atoms with E-state index in [1.54, 1.807) is 0 Å². The molecular weight excluding hydrogens is 270 g/mol. The zero-order chi connectivity index (χ0) is 14.1. The lowest BCUT2D eigenvalue weighted by Crippen LogP contribution is -2.31. The Kier molecular flexibility index (Phi) is 3.23. The van der Waals surface area contributed by atoms with Crippen LogP contribution in [0.3, 0.4) is 0 Å². The van der Waals surface area contributed by atoms with Crippen molar-refractivity contribution < 1.29 is 14.0 Å². The molecule has 6 heteroatoms. The Hall–Kier alpha value is -2.08. The van der Waals surface area contributed by atoms with Crippen molar-refractivity contribution in [2.24, 2.45) is 5.92 Å². The summed E-state index contributed by atoms with van der Waals surface area (Å²) >= 11 is 0. The first-order valence-electron chi connectivity index (χ1n) is 7.32. The standard InChI is InChI=1S/C15H17N3O3/c1-2-10(8-16-5-1)6-14-17-15(21-18-14)11-3-4-12-13(7-11)20-9-19-12/h3-4,7,10,16H,1-2,5-6,8-9H2. The molecule has 1 N–H and O–H groups in total. The van der Waals surface area contributed by atoms with Crippen LogP contribution < -0.4 is 14.8 Å². The number of ether oxygens (including phenoxy) is 2. The van der Waals surface area contributed by atoms with Gasteiger partial charge in [-0.2, -0.15) is 4.98 Å². The predicted octanol–water partition coefficient (Wildman–Crippen LogP) is 2.01. The van der Waals surface area contributed by atoms with Gasteiger partial charge in [-0.15, -0.1) is 0 Å². The molecule has 3 heterocycles. The normalized spacial score (nSPS) is 20.7. The summed E-state index contributed by atoms with van der Waals surface area (Å²) in [7, 11) is 0. The molecule has 2 aliphatic rings. The van der Waals surface area contributed by atoms with Crippen molar-refractivity contribution in [3.8, 4) is 23.0 Å². The average Bonchev–Trinajstić information content (AvgIpc) is 3.16. The molecule has 0 aliphatic carbocycles. The lowest BCUT2D eigenvalue weighted by molar-refractivity contribution is 0.174.